The first-order valence-corrected chi connectivity index (χ1v) is 8.11. The van der Waals surface area contributed by atoms with Gasteiger partial charge in [0.15, 0.2) is 0 Å². The summed E-state index contributed by atoms with van der Waals surface area (Å²) in [5.74, 6) is 0.118. The van der Waals surface area contributed by atoms with Gasteiger partial charge in [-0.1, -0.05) is 6.07 Å². The third-order valence-electron chi connectivity index (χ3n) is 4.16. The molecule has 0 bridgehead atoms. The molecule has 1 amide bonds. The third kappa shape index (κ3) is 5.57. The SMILES string of the molecule is CN(C)CC1(O)CCN(C(=O)CCN(C)Cc2ccccn2)C1. The van der Waals surface area contributed by atoms with Crippen LogP contribution in [0.25, 0.3) is 0 Å². The lowest BCUT2D eigenvalue weighted by Gasteiger charge is -2.27. The maximum absolute atomic E-state index is 12.3. The number of pyridine rings is 1. The molecular weight excluding hydrogens is 292 g/mol. The van der Waals surface area contributed by atoms with Crippen LogP contribution in [0.2, 0.25) is 0 Å². The van der Waals surface area contributed by atoms with E-state index in [-0.39, 0.29) is 5.91 Å². The van der Waals surface area contributed by atoms with Gasteiger partial charge < -0.3 is 19.8 Å². The van der Waals surface area contributed by atoms with Crippen LogP contribution in [0.4, 0.5) is 0 Å². The Hall–Kier alpha value is -1.50. The first-order chi connectivity index (χ1) is 10.9. The zero-order chi connectivity index (χ0) is 16.9. The lowest BCUT2D eigenvalue weighted by atomic mass is 10.0. The van der Waals surface area contributed by atoms with Crippen LogP contribution in [-0.2, 0) is 11.3 Å². The quantitative estimate of drug-likeness (QED) is 0.789. The number of hydrogen-bond acceptors (Lipinski definition) is 5. The second-order valence-electron chi connectivity index (χ2n) is 6.84. The fourth-order valence-electron chi connectivity index (χ4n) is 3.08. The maximum Gasteiger partial charge on any atom is 0.223 e. The molecule has 1 fully saturated rings. The predicted octanol–water partition coefficient (Wildman–Crippen LogP) is 0.429. The number of hydrogen-bond donors (Lipinski definition) is 1. The highest BCUT2D eigenvalue weighted by molar-refractivity contribution is 5.76. The summed E-state index contributed by atoms with van der Waals surface area (Å²) in [6.45, 7) is 3.11. The summed E-state index contributed by atoms with van der Waals surface area (Å²) in [5.41, 5.74) is 0.239. The van der Waals surface area contributed by atoms with E-state index in [1.807, 2.05) is 44.2 Å². The summed E-state index contributed by atoms with van der Waals surface area (Å²) >= 11 is 0. The van der Waals surface area contributed by atoms with Crippen LogP contribution in [-0.4, -0.2) is 83.6 Å². The van der Waals surface area contributed by atoms with Gasteiger partial charge in [0.05, 0.1) is 17.8 Å². The number of rotatable bonds is 7. The van der Waals surface area contributed by atoms with E-state index in [2.05, 4.69) is 9.88 Å². The summed E-state index contributed by atoms with van der Waals surface area (Å²) in [6, 6.07) is 5.85. The lowest BCUT2D eigenvalue weighted by molar-refractivity contribution is -0.131. The first kappa shape index (κ1) is 17.8. The number of aliphatic hydroxyl groups is 1. The van der Waals surface area contributed by atoms with Crippen molar-refractivity contribution in [3.63, 3.8) is 0 Å². The van der Waals surface area contributed by atoms with E-state index in [1.54, 1.807) is 11.1 Å². The molecule has 1 saturated heterocycles. The zero-order valence-electron chi connectivity index (χ0n) is 14.4. The summed E-state index contributed by atoms with van der Waals surface area (Å²) < 4.78 is 0. The van der Waals surface area contributed by atoms with Crippen LogP contribution < -0.4 is 0 Å². The monoisotopic (exact) mass is 320 g/mol. The van der Waals surface area contributed by atoms with Gasteiger partial charge in [-0.15, -0.1) is 0 Å². The fraction of sp³-hybridized carbons (Fsp3) is 0.647. The molecule has 1 atom stereocenters. The molecular formula is C17H28N4O2. The van der Waals surface area contributed by atoms with Crippen LogP contribution in [0.15, 0.2) is 24.4 Å². The molecule has 2 rings (SSSR count). The Morgan fingerprint density at radius 3 is 2.83 bits per heavy atom. The van der Waals surface area contributed by atoms with Gasteiger partial charge in [-0.05, 0) is 39.7 Å². The van der Waals surface area contributed by atoms with Crippen molar-refractivity contribution < 1.29 is 9.90 Å². The van der Waals surface area contributed by atoms with Crippen LogP contribution in [0.5, 0.6) is 0 Å². The molecule has 1 aliphatic rings. The predicted molar refractivity (Wildman–Crippen MR) is 89.9 cm³/mol. The molecule has 23 heavy (non-hydrogen) atoms. The highest BCUT2D eigenvalue weighted by Crippen LogP contribution is 2.22. The fourth-order valence-corrected chi connectivity index (χ4v) is 3.08. The van der Waals surface area contributed by atoms with E-state index < -0.39 is 5.60 Å². The van der Waals surface area contributed by atoms with Gasteiger partial charge in [0, 0.05) is 38.8 Å². The molecule has 0 aliphatic carbocycles. The number of likely N-dealkylation sites (N-methyl/N-ethyl adjacent to an activating group) is 1. The van der Waals surface area contributed by atoms with E-state index in [4.69, 9.17) is 0 Å². The lowest BCUT2D eigenvalue weighted by Crippen LogP contribution is -2.43. The van der Waals surface area contributed by atoms with Crippen molar-refractivity contribution in [1.82, 2.24) is 19.7 Å². The Bertz CT molecular complexity index is 509. The number of carbonyl (C=O) groups is 1. The van der Waals surface area contributed by atoms with Crippen molar-refractivity contribution in [2.24, 2.45) is 0 Å². The third-order valence-corrected chi connectivity index (χ3v) is 4.16. The second-order valence-corrected chi connectivity index (χ2v) is 6.84. The van der Waals surface area contributed by atoms with E-state index in [0.29, 0.717) is 39.0 Å². The molecule has 0 radical (unpaired) electrons. The number of carbonyl (C=O) groups excluding carboxylic acids is 1. The van der Waals surface area contributed by atoms with Gasteiger partial charge in [0.25, 0.3) is 0 Å². The van der Waals surface area contributed by atoms with E-state index in [1.165, 1.54) is 0 Å². The van der Waals surface area contributed by atoms with Gasteiger partial charge in [0.1, 0.15) is 0 Å². The van der Waals surface area contributed by atoms with Crippen molar-refractivity contribution in [3.05, 3.63) is 30.1 Å². The average molecular weight is 320 g/mol. The smallest absolute Gasteiger partial charge is 0.223 e. The summed E-state index contributed by atoms with van der Waals surface area (Å²) in [5, 5.41) is 10.5. The Balaban J connectivity index is 1.75. The highest BCUT2D eigenvalue weighted by Gasteiger charge is 2.38. The number of aromatic nitrogens is 1. The zero-order valence-corrected chi connectivity index (χ0v) is 14.4. The van der Waals surface area contributed by atoms with Crippen molar-refractivity contribution in [2.45, 2.75) is 25.0 Å². The molecule has 0 aromatic carbocycles. The van der Waals surface area contributed by atoms with E-state index >= 15 is 0 Å². The van der Waals surface area contributed by atoms with Gasteiger partial charge >= 0.3 is 0 Å². The molecule has 1 N–H and O–H groups in total. The second kappa shape index (κ2) is 7.86. The van der Waals surface area contributed by atoms with Crippen LogP contribution in [0.3, 0.4) is 0 Å². The molecule has 1 aliphatic heterocycles. The van der Waals surface area contributed by atoms with Gasteiger partial charge in [-0.25, -0.2) is 0 Å². The first-order valence-electron chi connectivity index (χ1n) is 8.11. The Morgan fingerprint density at radius 2 is 2.17 bits per heavy atom. The highest BCUT2D eigenvalue weighted by atomic mass is 16.3. The molecule has 128 valence electrons. The molecule has 6 heteroatoms. The summed E-state index contributed by atoms with van der Waals surface area (Å²) in [4.78, 5) is 22.5. The number of nitrogens with zero attached hydrogens (tertiary/aromatic N) is 4. The molecule has 6 nitrogen and oxygen atoms in total. The molecule has 0 saturated carbocycles. The Morgan fingerprint density at radius 1 is 1.39 bits per heavy atom. The van der Waals surface area contributed by atoms with Gasteiger partial charge in [-0.3, -0.25) is 9.78 Å². The van der Waals surface area contributed by atoms with E-state index in [9.17, 15) is 9.90 Å². The summed E-state index contributed by atoms with van der Waals surface area (Å²) in [7, 11) is 5.87. The number of amides is 1. The average Bonchev–Trinajstić information content (AvgIpc) is 2.87. The minimum Gasteiger partial charge on any atom is -0.387 e. The Kier molecular flexibility index (Phi) is 6.10. The molecule has 2 heterocycles. The molecule has 1 aromatic rings. The van der Waals surface area contributed by atoms with Crippen molar-refractivity contribution in [1.29, 1.82) is 0 Å². The van der Waals surface area contributed by atoms with Crippen molar-refractivity contribution >= 4 is 5.91 Å². The topological polar surface area (TPSA) is 59.9 Å². The van der Waals surface area contributed by atoms with Crippen LogP contribution >= 0.6 is 0 Å². The van der Waals surface area contributed by atoms with E-state index in [0.717, 1.165) is 12.2 Å². The van der Waals surface area contributed by atoms with Crippen molar-refractivity contribution in [3.8, 4) is 0 Å². The minimum absolute atomic E-state index is 0.118. The standard InChI is InChI=1S/C17H28N4O2/c1-19(2)13-17(23)8-11-21(14-17)16(22)7-10-20(3)12-15-6-4-5-9-18-15/h4-6,9,23H,7-8,10-14H2,1-3H3. The Labute approximate surface area is 138 Å². The number of β-amino-alcohol motifs (C(OH)–C–C–N with tert-alkyl or cyclic N) is 1. The molecule has 1 aromatic heterocycles. The van der Waals surface area contributed by atoms with Crippen LogP contribution in [0, 0.1) is 0 Å². The van der Waals surface area contributed by atoms with Gasteiger partial charge in [-0.2, -0.15) is 0 Å². The summed E-state index contributed by atoms with van der Waals surface area (Å²) in [6.07, 6.45) is 2.91. The maximum atomic E-state index is 12.3. The molecule has 0 spiro atoms. The van der Waals surface area contributed by atoms with Gasteiger partial charge in [0.2, 0.25) is 5.91 Å². The van der Waals surface area contributed by atoms with Crippen molar-refractivity contribution in [2.75, 3.05) is 47.3 Å². The normalized spacial score (nSPS) is 21.4. The molecule has 1 unspecified atom stereocenters. The largest absolute Gasteiger partial charge is 0.387 e. The number of likely N-dealkylation sites (tertiary alicyclic amines) is 1. The van der Waals surface area contributed by atoms with Crippen LogP contribution in [0.1, 0.15) is 18.5 Å². The minimum atomic E-state index is -0.765.